The molecule has 1 saturated carbocycles. The molecule has 118 valence electrons. The van der Waals surface area contributed by atoms with Crippen molar-refractivity contribution in [1.29, 1.82) is 0 Å². The molecule has 0 heterocycles. The average Bonchev–Trinajstić information content (AvgIpc) is 2.78. The highest BCUT2D eigenvalue weighted by Crippen LogP contribution is 2.28. The normalized spacial score (nSPS) is 20.2. The Bertz CT molecular complexity index is 423. The molecule has 0 saturated heterocycles. The van der Waals surface area contributed by atoms with Crippen molar-refractivity contribution in [2.24, 2.45) is 5.73 Å². The standard InChI is InChI=1S/C18H29BrN2/c1-18(14-20,13-15-9-11-16(19)12-10-15)21(2)17-7-5-3-4-6-8-17/h9-12,17H,3-8,13-14,20H2,1-2H3. The maximum Gasteiger partial charge on any atom is 0.0343 e. The molecule has 2 N–H and O–H groups in total. The van der Waals surface area contributed by atoms with Gasteiger partial charge in [0, 0.05) is 22.6 Å². The number of benzene rings is 1. The minimum absolute atomic E-state index is 0.0445. The van der Waals surface area contributed by atoms with Gasteiger partial charge in [-0.15, -0.1) is 0 Å². The van der Waals surface area contributed by atoms with Crippen molar-refractivity contribution in [3.05, 3.63) is 34.3 Å². The van der Waals surface area contributed by atoms with Gasteiger partial charge >= 0.3 is 0 Å². The van der Waals surface area contributed by atoms with Gasteiger partial charge < -0.3 is 5.73 Å². The number of halogens is 1. The number of nitrogens with two attached hydrogens (primary N) is 1. The summed E-state index contributed by atoms with van der Waals surface area (Å²) in [6.45, 7) is 3.02. The largest absolute Gasteiger partial charge is 0.329 e. The summed E-state index contributed by atoms with van der Waals surface area (Å²) in [5, 5.41) is 0. The van der Waals surface area contributed by atoms with Crippen molar-refractivity contribution < 1.29 is 0 Å². The molecule has 0 amide bonds. The molecule has 1 unspecified atom stereocenters. The van der Waals surface area contributed by atoms with Crippen LogP contribution < -0.4 is 5.73 Å². The van der Waals surface area contributed by atoms with Gasteiger partial charge in [0.25, 0.3) is 0 Å². The molecular formula is C18H29BrN2. The Morgan fingerprint density at radius 1 is 1.14 bits per heavy atom. The van der Waals surface area contributed by atoms with Gasteiger partial charge in [0.2, 0.25) is 0 Å². The van der Waals surface area contributed by atoms with Crippen molar-refractivity contribution in [2.75, 3.05) is 13.6 Å². The van der Waals surface area contributed by atoms with E-state index in [1.807, 2.05) is 0 Å². The Balaban J connectivity index is 2.09. The number of likely N-dealkylation sites (N-methyl/N-ethyl adjacent to an activating group) is 1. The summed E-state index contributed by atoms with van der Waals surface area (Å²) >= 11 is 3.51. The number of hydrogen-bond acceptors (Lipinski definition) is 2. The van der Waals surface area contributed by atoms with Crippen LogP contribution in [0.3, 0.4) is 0 Å². The van der Waals surface area contributed by atoms with Gasteiger partial charge in [-0.05, 0) is 50.9 Å². The van der Waals surface area contributed by atoms with Crippen LogP contribution in [0.5, 0.6) is 0 Å². The van der Waals surface area contributed by atoms with Gasteiger partial charge in [-0.1, -0.05) is 53.7 Å². The van der Waals surface area contributed by atoms with Crippen LogP contribution in [-0.4, -0.2) is 30.1 Å². The van der Waals surface area contributed by atoms with Crippen molar-refractivity contribution in [3.63, 3.8) is 0 Å². The minimum Gasteiger partial charge on any atom is -0.329 e. The third-order valence-electron chi connectivity index (χ3n) is 5.16. The monoisotopic (exact) mass is 352 g/mol. The van der Waals surface area contributed by atoms with Gasteiger partial charge in [-0.2, -0.15) is 0 Å². The predicted octanol–water partition coefficient (Wildman–Crippen LogP) is 4.36. The Hall–Kier alpha value is -0.380. The van der Waals surface area contributed by atoms with E-state index in [0.29, 0.717) is 12.6 Å². The molecule has 1 aromatic rings. The molecule has 1 aliphatic rings. The first-order valence-electron chi connectivity index (χ1n) is 8.22. The van der Waals surface area contributed by atoms with Gasteiger partial charge in [-0.25, -0.2) is 0 Å². The molecule has 21 heavy (non-hydrogen) atoms. The summed E-state index contributed by atoms with van der Waals surface area (Å²) in [7, 11) is 2.28. The van der Waals surface area contributed by atoms with Gasteiger partial charge in [0.05, 0.1) is 0 Å². The quantitative estimate of drug-likeness (QED) is 0.797. The van der Waals surface area contributed by atoms with E-state index in [1.54, 1.807) is 0 Å². The lowest BCUT2D eigenvalue weighted by atomic mass is 9.88. The van der Waals surface area contributed by atoms with Crippen LogP contribution in [0.15, 0.2) is 28.7 Å². The lowest BCUT2D eigenvalue weighted by molar-refractivity contribution is 0.0827. The molecule has 1 atom stereocenters. The van der Waals surface area contributed by atoms with Crippen LogP contribution in [-0.2, 0) is 6.42 Å². The van der Waals surface area contributed by atoms with E-state index in [4.69, 9.17) is 5.73 Å². The summed E-state index contributed by atoms with van der Waals surface area (Å²) in [5.74, 6) is 0. The van der Waals surface area contributed by atoms with E-state index < -0.39 is 0 Å². The lowest BCUT2D eigenvalue weighted by Gasteiger charge is -2.43. The fourth-order valence-corrected chi connectivity index (χ4v) is 3.73. The SMILES string of the molecule is CN(C1CCCCCC1)C(C)(CN)Cc1ccc(Br)cc1. The predicted molar refractivity (Wildman–Crippen MR) is 94.6 cm³/mol. The fourth-order valence-electron chi connectivity index (χ4n) is 3.47. The fraction of sp³-hybridized carbons (Fsp3) is 0.667. The zero-order valence-electron chi connectivity index (χ0n) is 13.4. The molecule has 0 spiro atoms. The third kappa shape index (κ3) is 4.54. The van der Waals surface area contributed by atoms with Crippen molar-refractivity contribution in [2.45, 2.75) is 63.5 Å². The summed E-state index contributed by atoms with van der Waals surface area (Å²) < 4.78 is 1.14. The first-order chi connectivity index (χ1) is 10.0. The molecular weight excluding hydrogens is 324 g/mol. The van der Waals surface area contributed by atoms with Crippen molar-refractivity contribution in [1.82, 2.24) is 4.90 Å². The van der Waals surface area contributed by atoms with Crippen LogP contribution in [0.1, 0.15) is 51.0 Å². The Kier molecular flexibility index (Phi) is 6.27. The van der Waals surface area contributed by atoms with Gasteiger partial charge in [0.1, 0.15) is 0 Å². The van der Waals surface area contributed by atoms with Gasteiger partial charge in [-0.3, -0.25) is 4.90 Å². The summed E-state index contributed by atoms with van der Waals surface area (Å²) in [6, 6.07) is 9.35. The zero-order valence-corrected chi connectivity index (χ0v) is 15.0. The van der Waals surface area contributed by atoms with E-state index in [0.717, 1.165) is 10.9 Å². The van der Waals surface area contributed by atoms with Crippen molar-refractivity contribution >= 4 is 15.9 Å². The van der Waals surface area contributed by atoms with E-state index in [2.05, 4.69) is 59.1 Å². The van der Waals surface area contributed by atoms with Crippen LogP contribution in [0, 0.1) is 0 Å². The highest BCUT2D eigenvalue weighted by Gasteiger charge is 2.32. The first kappa shape index (κ1) is 17.0. The van der Waals surface area contributed by atoms with E-state index in [1.165, 1.54) is 44.1 Å². The van der Waals surface area contributed by atoms with E-state index in [-0.39, 0.29) is 5.54 Å². The van der Waals surface area contributed by atoms with E-state index >= 15 is 0 Å². The first-order valence-corrected chi connectivity index (χ1v) is 9.02. The zero-order chi connectivity index (χ0) is 15.3. The number of hydrogen-bond donors (Lipinski definition) is 1. The molecule has 3 heteroatoms. The van der Waals surface area contributed by atoms with E-state index in [9.17, 15) is 0 Å². The second-order valence-corrected chi connectivity index (χ2v) is 7.68. The molecule has 0 aliphatic heterocycles. The molecule has 2 rings (SSSR count). The Morgan fingerprint density at radius 2 is 1.71 bits per heavy atom. The molecule has 1 aromatic carbocycles. The topological polar surface area (TPSA) is 29.3 Å². The average molecular weight is 353 g/mol. The molecule has 1 aliphatic carbocycles. The van der Waals surface area contributed by atoms with Crippen LogP contribution in [0.4, 0.5) is 0 Å². The molecule has 0 aromatic heterocycles. The highest BCUT2D eigenvalue weighted by molar-refractivity contribution is 9.10. The molecule has 1 fully saturated rings. The van der Waals surface area contributed by atoms with Crippen LogP contribution in [0.2, 0.25) is 0 Å². The maximum absolute atomic E-state index is 6.18. The smallest absolute Gasteiger partial charge is 0.0343 e. The summed E-state index contributed by atoms with van der Waals surface area (Å²) in [6.07, 6.45) is 9.21. The highest BCUT2D eigenvalue weighted by atomic mass is 79.9. The molecule has 0 radical (unpaired) electrons. The third-order valence-corrected chi connectivity index (χ3v) is 5.69. The lowest BCUT2D eigenvalue weighted by Crippen LogP contribution is -2.55. The summed E-state index contributed by atoms with van der Waals surface area (Å²) in [5.41, 5.74) is 7.59. The van der Waals surface area contributed by atoms with Crippen molar-refractivity contribution in [3.8, 4) is 0 Å². The number of nitrogens with zero attached hydrogens (tertiary/aromatic N) is 1. The van der Waals surface area contributed by atoms with Gasteiger partial charge in [0.15, 0.2) is 0 Å². The van der Waals surface area contributed by atoms with Crippen LogP contribution >= 0.6 is 15.9 Å². The number of rotatable bonds is 5. The van der Waals surface area contributed by atoms with Crippen LogP contribution in [0.25, 0.3) is 0 Å². The second kappa shape index (κ2) is 7.75. The Labute approximate surface area is 138 Å². The summed E-state index contributed by atoms with van der Waals surface area (Å²) in [4.78, 5) is 2.57. The Morgan fingerprint density at radius 3 is 2.24 bits per heavy atom. The second-order valence-electron chi connectivity index (χ2n) is 6.76. The maximum atomic E-state index is 6.18. The minimum atomic E-state index is 0.0445. The molecule has 0 bridgehead atoms. The molecule has 2 nitrogen and oxygen atoms in total.